The van der Waals surface area contributed by atoms with Gasteiger partial charge in [-0.15, -0.1) is 5.10 Å². The number of para-hydroxylation sites is 1. The van der Waals surface area contributed by atoms with Crippen molar-refractivity contribution in [3.63, 3.8) is 0 Å². The van der Waals surface area contributed by atoms with Crippen molar-refractivity contribution in [3.05, 3.63) is 89.5 Å². The molecule has 1 N–H and O–H groups in total. The number of hydrogen-bond acceptors (Lipinski definition) is 5. The molecule has 1 heterocycles. The van der Waals surface area contributed by atoms with Crippen LogP contribution in [0.5, 0.6) is 5.75 Å². The maximum absolute atomic E-state index is 14.1. The third-order valence-electron chi connectivity index (χ3n) is 7.25. The molecule has 4 rings (SSSR count). The summed E-state index contributed by atoms with van der Waals surface area (Å²) in [5.74, 6) is 0.233. The number of aryl methyl sites for hydroxylation is 1. The Morgan fingerprint density at radius 1 is 1.03 bits per heavy atom. The van der Waals surface area contributed by atoms with Crippen LogP contribution in [0.1, 0.15) is 49.9 Å². The molecule has 8 heteroatoms. The van der Waals surface area contributed by atoms with Gasteiger partial charge in [-0.25, -0.2) is 4.68 Å². The lowest BCUT2D eigenvalue weighted by atomic mass is 9.98. The Morgan fingerprint density at radius 3 is 2.41 bits per heavy atom. The SMILES string of the molecule is CCC(C)(C)NC(=O)C(c1ccc(OC)cc1)N(CCc1ccccc1C)C(=O)Cn1nnc2ccccc21. The molecule has 0 saturated heterocycles. The second-order valence-corrected chi connectivity index (χ2v) is 10.4. The monoisotopic (exact) mass is 527 g/mol. The lowest BCUT2D eigenvalue weighted by molar-refractivity contribution is -0.142. The van der Waals surface area contributed by atoms with E-state index >= 15 is 0 Å². The summed E-state index contributed by atoms with van der Waals surface area (Å²) in [4.78, 5) is 29.7. The van der Waals surface area contributed by atoms with E-state index in [2.05, 4.69) is 34.7 Å². The number of aromatic nitrogens is 3. The summed E-state index contributed by atoms with van der Waals surface area (Å²) in [7, 11) is 1.60. The molecule has 1 atom stereocenters. The van der Waals surface area contributed by atoms with E-state index in [1.165, 1.54) is 0 Å². The second kappa shape index (κ2) is 12.1. The molecule has 0 fully saturated rings. The molecule has 3 aromatic carbocycles. The quantitative estimate of drug-likeness (QED) is 0.301. The number of fused-ring (bicyclic) bond motifs is 1. The van der Waals surface area contributed by atoms with Gasteiger partial charge in [-0.05, 0) is 74.6 Å². The molecular weight excluding hydrogens is 490 g/mol. The van der Waals surface area contributed by atoms with Gasteiger partial charge in [0.2, 0.25) is 11.8 Å². The molecule has 0 saturated carbocycles. The van der Waals surface area contributed by atoms with Gasteiger partial charge in [0.1, 0.15) is 23.9 Å². The van der Waals surface area contributed by atoms with E-state index in [1.807, 2.05) is 81.4 Å². The normalized spacial score (nSPS) is 12.2. The summed E-state index contributed by atoms with van der Waals surface area (Å²) < 4.78 is 6.94. The molecule has 1 unspecified atom stereocenters. The van der Waals surface area contributed by atoms with E-state index in [-0.39, 0.29) is 18.4 Å². The molecule has 4 aromatic rings. The van der Waals surface area contributed by atoms with E-state index in [0.717, 1.165) is 23.1 Å². The number of rotatable bonds is 11. The fraction of sp³-hybridized carbons (Fsp3) is 0.355. The van der Waals surface area contributed by atoms with Crippen molar-refractivity contribution in [1.29, 1.82) is 0 Å². The molecule has 0 aliphatic carbocycles. The number of amides is 2. The fourth-order valence-electron chi connectivity index (χ4n) is 4.53. The number of ether oxygens (including phenoxy) is 1. The highest BCUT2D eigenvalue weighted by Crippen LogP contribution is 2.27. The third kappa shape index (κ3) is 6.63. The van der Waals surface area contributed by atoms with Crippen LogP contribution in [0.3, 0.4) is 0 Å². The number of carbonyl (C=O) groups is 2. The van der Waals surface area contributed by atoms with E-state index in [4.69, 9.17) is 4.74 Å². The topological polar surface area (TPSA) is 89.4 Å². The Hall–Kier alpha value is -4.20. The van der Waals surface area contributed by atoms with Crippen molar-refractivity contribution in [3.8, 4) is 5.75 Å². The minimum Gasteiger partial charge on any atom is -0.497 e. The Bertz CT molecular complexity index is 1430. The van der Waals surface area contributed by atoms with Crippen molar-refractivity contribution >= 4 is 22.8 Å². The van der Waals surface area contributed by atoms with Crippen molar-refractivity contribution in [2.24, 2.45) is 0 Å². The van der Waals surface area contributed by atoms with Crippen LogP contribution in [0.4, 0.5) is 0 Å². The summed E-state index contributed by atoms with van der Waals surface area (Å²) in [6, 6.07) is 22.1. The zero-order valence-corrected chi connectivity index (χ0v) is 23.3. The van der Waals surface area contributed by atoms with Crippen LogP contribution in [0.2, 0.25) is 0 Å². The molecule has 39 heavy (non-hydrogen) atoms. The van der Waals surface area contributed by atoms with Crippen LogP contribution >= 0.6 is 0 Å². The largest absolute Gasteiger partial charge is 0.497 e. The molecule has 1 aromatic heterocycles. The number of methoxy groups -OCH3 is 1. The summed E-state index contributed by atoms with van der Waals surface area (Å²) >= 11 is 0. The number of hydrogen-bond donors (Lipinski definition) is 1. The van der Waals surface area contributed by atoms with E-state index in [9.17, 15) is 9.59 Å². The average Bonchev–Trinajstić information content (AvgIpc) is 3.34. The van der Waals surface area contributed by atoms with Gasteiger partial charge < -0.3 is 15.0 Å². The first-order valence-corrected chi connectivity index (χ1v) is 13.3. The molecule has 0 aliphatic heterocycles. The second-order valence-electron chi connectivity index (χ2n) is 10.4. The fourth-order valence-corrected chi connectivity index (χ4v) is 4.53. The third-order valence-corrected chi connectivity index (χ3v) is 7.25. The standard InChI is InChI=1S/C31H37N5O3/c1-6-31(3,4)32-30(38)29(24-15-17-25(39-5)18-16-24)35(20-19-23-12-8-7-11-22(23)2)28(37)21-36-27-14-10-9-13-26(27)33-34-36/h7-18,29H,6,19-21H2,1-5H3,(H,32,38). The lowest BCUT2D eigenvalue weighted by Crippen LogP contribution is -2.51. The molecule has 204 valence electrons. The minimum atomic E-state index is -0.840. The Balaban J connectivity index is 1.74. The van der Waals surface area contributed by atoms with Crippen LogP contribution in [0, 0.1) is 6.92 Å². The van der Waals surface area contributed by atoms with Crippen molar-refractivity contribution in [2.75, 3.05) is 13.7 Å². The molecule has 0 aliphatic rings. The van der Waals surface area contributed by atoms with Crippen molar-refractivity contribution in [2.45, 2.75) is 58.7 Å². The average molecular weight is 528 g/mol. The molecule has 0 radical (unpaired) electrons. The van der Waals surface area contributed by atoms with Crippen LogP contribution in [-0.4, -0.2) is 50.9 Å². The van der Waals surface area contributed by atoms with Crippen LogP contribution in [0.25, 0.3) is 11.0 Å². The first-order chi connectivity index (χ1) is 18.7. The zero-order valence-electron chi connectivity index (χ0n) is 23.3. The molecule has 8 nitrogen and oxygen atoms in total. The van der Waals surface area contributed by atoms with Gasteiger partial charge >= 0.3 is 0 Å². The lowest BCUT2D eigenvalue weighted by Gasteiger charge is -2.35. The number of carbonyl (C=O) groups excluding carboxylic acids is 2. The first kappa shape index (κ1) is 27.8. The van der Waals surface area contributed by atoms with Crippen molar-refractivity contribution in [1.82, 2.24) is 25.2 Å². The molecular formula is C31H37N5O3. The minimum absolute atomic E-state index is 0.0363. The number of benzene rings is 3. The zero-order chi connectivity index (χ0) is 28.0. The van der Waals surface area contributed by atoms with Gasteiger partial charge in [-0.2, -0.15) is 0 Å². The van der Waals surface area contributed by atoms with Crippen molar-refractivity contribution < 1.29 is 14.3 Å². The highest BCUT2D eigenvalue weighted by atomic mass is 16.5. The molecule has 0 spiro atoms. The van der Waals surface area contributed by atoms with Gasteiger partial charge in [0.05, 0.1) is 12.6 Å². The van der Waals surface area contributed by atoms with Gasteiger partial charge in [-0.1, -0.05) is 60.7 Å². The first-order valence-electron chi connectivity index (χ1n) is 13.3. The smallest absolute Gasteiger partial charge is 0.247 e. The summed E-state index contributed by atoms with van der Waals surface area (Å²) in [6.07, 6.45) is 1.35. The van der Waals surface area contributed by atoms with Gasteiger partial charge in [0.15, 0.2) is 0 Å². The van der Waals surface area contributed by atoms with Gasteiger partial charge in [-0.3, -0.25) is 9.59 Å². The highest BCUT2D eigenvalue weighted by Gasteiger charge is 2.34. The summed E-state index contributed by atoms with van der Waals surface area (Å²) in [6.45, 7) is 8.37. The number of nitrogens with zero attached hydrogens (tertiary/aromatic N) is 4. The predicted molar refractivity (Wildman–Crippen MR) is 152 cm³/mol. The van der Waals surface area contributed by atoms with Crippen LogP contribution in [0.15, 0.2) is 72.8 Å². The van der Waals surface area contributed by atoms with Crippen LogP contribution in [-0.2, 0) is 22.6 Å². The summed E-state index contributed by atoms with van der Waals surface area (Å²) in [5, 5.41) is 11.6. The van der Waals surface area contributed by atoms with Gasteiger partial charge in [0.25, 0.3) is 0 Å². The Labute approximate surface area is 230 Å². The maximum atomic E-state index is 14.1. The summed E-state index contributed by atoms with van der Waals surface area (Å²) in [5.41, 5.74) is 4.03. The van der Waals surface area contributed by atoms with Crippen LogP contribution < -0.4 is 10.1 Å². The maximum Gasteiger partial charge on any atom is 0.247 e. The Morgan fingerprint density at radius 2 is 1.72 bits per heavy atom. The Kier molecular flexibility index (Phi) is 8.64. The van der Waals surface area contributed by atoms with E-state index < -0.39 is 11.6 Å². The molecule has 2 amide bonds. The number of nitrogens with one attached hydrogen (secondary N) is 1. The van der Waals surface area contributed by atoms with Gasteiger partial charge in [0, 0.05) is 12.1 Å². The van der Waals surface area contributed by atoms with E-state index in [0.29, 0.717) is 29.8 Å². The molecule has 0 bridgehead atoms. The highest BCUT2D eigenvalue weighted by molar-refractivity contribution is 5.89. The predicted octanol–water partition coefficient (Wildman–Crippen LogP) is 4.87. The van der Waals surface area contributed by atoms with E-state index in [1.54, 1.807) is 16.7 Å².